The average Bonchev–Trinajstić information content (AvgIpc) is 3.80. The molecule has 0 aliphatic carbocycles. The Morgan fingerprint density at radius 3 is 1.65 bits per heavy atom. The molecule has 0 aromatic heterocycles. The molecule has 1 aromatic carbocycles. The number of halogens is 3. The summed E-state index contributed by atoms with van der Waals surface area (Å²) in [4.78, 5) is 13.0. The second-order valence-corrected chi connectivity index (χ2v) is 10.2. The van der Waals surface area contributed by atoms with Gasteiger partial charge in [-0.1, -0.05) is 12.1 Å². The number of alkyl halides is 3. The van der Waals surface area contributed by atoms with Crippen molar-refractivity contribution in [3.8, 4) is 0 Å². The fraction of sp³-hybridized carbons (Fsp3) is 0.708. The minimum absolute atomic E-state index is 0.104. The topological polar surface area (TPSA) is 253 Å². The quantitative estimate of drug-likeness (QED) is 0.116. The number of hydrogen-bond acceptors (Lipinski definition) is 15. The summed E-state index contributed by atoms with van der Waals surface area (Å²) < 4.78 is 61.2. The molecular formula is C24H32F3N3O13. The number of aliphatic hydroxyl groups excluding tert-OH is 8. The van der Waals surface area contributed by atoms with Crippen molar-refractivity contribution in [3.05, 3.63) is 35.4 Å². The maximum Gasteiger partial charge on any atom is 0.442 e. The Hall–Kier alpha value is -2.40. The van der Waals surface area contributed by atoms with Crippen molar-refractivity contribution in [1.29, 1.82) is 0 Å². The van der Waals surface area contributed by atoms with Gasteiger partial charge in [-0.15, -0.1) is 10.2 Å². The van der Waals surface area contributed by atoms with Crippen LogP contribution in [-0.2, 0) is 24.6 Å². The van der Waals surface area contributed by atoms with Crippen molar-refractivity contribution < 1.29 is 77.8 Å². The van der Waals surface area contributed by atoms with Crippen LogP contribution in [-0.4, -0.2) is 147 Å². The first kappa shape index (κ1) is 33.5. The molecule has 19 heteroatoms. The van der Waals surface area contributed by atoms with Crippen LogP contribution in [0.2, 0.25) is 0 Å². The number of hydrogen-bond donors (Lipinski definition) is 9. The molecule has 2 saturated heterocycles. The smallest absolute Gasteiger partial charge is 0.394 e. The molecule has 1 unspecified atom stereocenters. The van der Waals surface area contributed by atoms with Crippen molar-refractivity contribution in [1.82, 2.24) is 5.32 Å². The molecule has 242 valence electrons. The third kappa shape index (κ3) is 6.97. The van der Waals surface area contributed by atoms with E-state index in [1.807, 2.05) is 0 Å². The molecule has 0 bridgehead atoms. The maximum atomic E-state index is 13.3. The van der Waals surface area contributed by atoms with Gasteiger partial charge >= 0.3 is 11.8 Å². The first-order valence-electron chi connectivity index (χ1n) is 13.0. The van der Waals surface area contributed by atoms with Crippen LogP contribution in [0.1, 0.15) is 15.9 Å². The maximum absolute atomic E-state index is 13.3. The van der Waals surface area contributed by atoms with E-state index in [-0.39, 0.29) is 11.1 Å². The van der Waals surface area contributed by atoms with Crippen molar-refractivity contribution in [2.45, 2.75) is 79.3 Å². The molecule has 3 heterocycles. The Morgan fingerprint density at radius 1 is 0.837 bits per heavy atom. The largest absolute Gasteiger partial charge is 0.442 e. The number of carbonyl (C=O) groups excluding carboxylic acids is 1. The molecule has 4 rings (SSSR count). The number of nitrogens with zero attached hydrogens (tertiary/aromatic N) is 2. The molecule has 1 aromatic rings. The summed E-state index contributed by atoms with van der Waals surface area (Å²) in [7, 11) is 0. The zero-order valence-corrected chi connectivity index (χ0v) is 22.1. The molecule has 2 fully saturated rings. The zero-order chi connectivity index (χ0) is 31.7. The highest BCUT2D eigenvalue weighted by Gasteiger charge is 2.65. The summed E-state index contributed by atoms with van der Waals surface area (Å²) in [5, 5.41) is 87.9. The third-order valence-electron chi connectivity index (χ3n) is 7.24. The van der Waals surface area contributed by atoms with E-state index < -0.39 is 112 Å². The fourth-order valence-corrected chi connectivity index (χ4v) is 4.70. The van der Waals surface area contributed by atoms with E-state index in [0.717, 1.165) is 24.3 Å². The number of carbonyl (C=O) groups is 1. The van der Waals surface area contributed by atoms with Gasteiger partial charge in [0.1, 0.15) is 48.8 Å². The number of benzene rings is 1. The van der Waals surface area contributed by atoms with Gasteiger partial charge < -0.3 is 65.1 Å². The first-order valence-corrected chi connectivity index (χ1v) is 13.0. The van der Waals surface area contributed by atoms with Crippen molar-refractivity contribution in [2.24, 2.45) is 10.2 Å². The van der Waals surface area contributed by atoms with Gasteiger partial charge in [0.05, 0.1) is 32.5 Å². The van der Waals surface area contributed by atoms with Crippen LogP contribution in [0.5, 0.6) is 0 Å². The lowest BCUT2D eigenvalue weighted by molar-refractivity contribution is -0.299. The van der Waals surface area contributed by atoms with Gasteiger partial charge in [-0.25, -0.2) is 0 Å². The molecular weight excluding hydrogens is 595 g/mol. The number of nitrogens with one attached hydrogen (secondary N) is 1. The lowest BCUT2D eigenvalue weighted by Gasteiger charge is -2.41. The Morgan fingerprint density at radius 2 is 1.28 bits per heavy atom. The van der Waals surface area contributed by atoms with Gasteiger partial charge in [0.25, 0.3) is 5.91 Å². The number of rotatable bonds is 11. The van der Waals surface area contributed by atoms with E-state index in [2.05, 4.69) is 15.5 Å². The lowest BCUT2D eigenvalue weighted by Crippen LogP contribution is -2.61. The monoisotopic (exact) mass is 627 g/mol. The normalized spacial score (nSPS) is 36.3. The molecule has 3 aliphatic heterocycles. The van der Waals surface area contributed by atoms with E-state index in [1.165, 1.54) is 0 Å². The summed E-state index contributed by atoms with van der Waals surface area (Å²) >= 11 is 0. The summed E-state index contributed by atoms with van der Waals surface area (Å²) in [6, 6.07) is 3.04. The van der Waals surface area contributed by atoms with Crippen molar-refractivity contribution >= 4 is 5.91 Å². The molecule has 43 heavy (non-hydrogen) atoms. The highest BCUT2D eigenvalue weighted by Crippen LogP contribution is 2.52. The van der Waals surface area contributed by atoms with Crippen molar-refractivity contribution in [3.63, 3.8) is 0 Å². The van der Waals surface area contributed by atoms with E-state index in [0.29, 0.717) is 0 Å². The van der Waals surface area contributed by atoms with Crippen LogP contribution in [0.15, 0.2) is 34.5 Å². The minimum Gasteiger partial charge on any atom is -0.394 e. The number of ether oxygens (including phenoxy) is 4. The summed E-state index contributed by atoms with van der Waals surface area (Å²) in [6.07, 6.45) is -21.0. The highest BCUT2D eigenvalue weighted by atomic mass is 19.4. The summed E-state index contributed by atoms with van der Waals surface area (Å²) in [5.41, 5.74) is -3.11. The molecule has 11 atom stereocenters. The van der Waals surface area contributed by atoms with E-state index in [1.54, 1.807) is 0 Å². The number of aliphatic hydroxyl groups is 8. The van der Waals surface area contributed by atoms with Crippen molar-refractivity contribution in [2.75, 3.05) is 26.4 Å². The Bertz CT molecular complexity index is 1080. The van der Waals surface area contributed by atoms with Crippen LogP contribution in [0.3, 0.4) is 0 Å². The molecule has 3 aliphatic rings. The van der Waals surface area contributed by atoms with Gasteiger partial charge in [-0.2, -0.15) is 13.2 Å². The van der Waals surface area contributed by atoms with E-state index >= 15 is 0 Å². The molecule has 1 amide bonds. The minimum atomic E-state index is -4.77. The SMILES string of the molecule is O=C(NC(CO[C@@H]1[C@@H](O)[C@@H](O)[C@H](O)O[C@@H]1CO)CO[C@H]1[C@@H](O)[C@@H](O)[C@@H](O)O[C@@H]1CO)c1ccc(C2(C(F)(F)F)N=N2)cc1. The Kier molecular flexibility index (Phi) is 10.4. The number of amides is 1. The zero-order valence-electron chi connectivity index (χ0n) is 22.1. The fourth-order valence-electron chi connectivity index (χ4n) is 4.70. The van der Waals surface area contributed by atoms with E-state index in [4.69, 9.17) is 18.9 Å². The van der Waals surface area contributed by atoms with Crippen LogP contribution in [0, 0.1) is 0 Å². The third-order valence-corrected chi connectivity index (χ3v) is 7.24. The van der Waals surface area contributed by atoms with Crippen LogP contribution >= 0.6 is 0 Å². The predicted molar refractivity (Wildman–Crippen MR) is 130 cm³/mol. The van der Waals surface area contributed by atoms with Gasteiger partial charge in [0.15, 0.2) is 12.6 Å². The summed E-state index contributed by atoms with van der Waals surface area (Å²) in [6.45, 7) is -2.54. The molecule has 9 N–H and O–H groups in total. The predicted octanol–water partition coefficient (Wildman–Crippen LogP) is -3.40. The van der Waals surface area contributed by atoms with Gasteiger partial charge in [0, 0.05) is 11.1 Å². The Labute approximate surface area is 240 Å². The standard InChI is InChI=1S/C24H32F3N3O13/c25-24(26,27)23(29-30-23)10-3-1-9(2-4-10)20(37)28-11(7-40-18-12(5-31)42-21(38)16(35)14(18)33)8-41-19-13(6-32)43-22(39)17(36)15(19)34/h1-4,11-19,21-22,31-36,38-39H,5-8H2,(H,28,37)/t11?,12-,13-,14+,15+,16-,17-,18-,19+,21+,22-/m1/s1. The lowest BCUT2D eigenvalue weighted by atomic mass is 9.99. The average molecular weight is 628 g/mol. The van der Waals surface area contributed by atoms with Gasteiger partial charge in [-0.3, -0.25) is 4.79 Å². The Balaban J connectivity index is 1.48. The first-order chi connectivity index (χ1) is 20.2. The highest BCUT2D eigenvalue weighted by molar-refractivity contribution is 5.94. The molecule has 0 saturated carbocycles. The molecule has 16 nitrogen and oxygen atoms in total. The van der Waals surface area contributed by atoms with Crippen LogP contribution < -0.4 is 5.32 Å². The van der Waals surface area contributed by atoms with Crippen LogP contribution in [0.4, 0.5) is 13.2 Å². The van der Waals surface area contributed by atoms with Gasteiger partial charge in [-0.05, 0) is 12.1 Å². The van der Waals surface area contributed by atoms with E-state index in [9.17, 15) is 58.8 Å². The summed E-state index contributed by atoms with van der Waals surface area (Å²) in [5.74, 6) is -0.835. The second kappa shape index (κ2) is 13.3. The second-order valence-electron chi connectivity index (χ2n) is 10.2. The molecule has 0 radical (unpaired) electrons. The molecule has 0 spiro atoms. The van der Waals surface area contributed by atoms with Gasteiger partial charge in [0.2, 0.25) is 0 Å². The van der Waals surface area contributed by atoms with Crippen LogP contribution in [0.25, 0.3) is 0 Å².